The zero-order chi connectivity index (χ0) is 9.84. The zero-order valence-corrected chi connectivity index (χ0v) is 8.44. The van der Waals surface area contributed by atoms with Crippen molar-refractivity contribution in [3.05, 3.63) is 40.7 Å². The van der Waals surface area contributed by atoms with Crippen LogP contribution in [0.3, 0.4) is 0 Å². The van der Waals surface area contributed by atoms with Crippen molar-refractivity contribution < 1.29 is 0 Å². The number of halogens is 2. The van der Waals surface area contributed by atoms with Crippen LogP contribution in [0.1, 0.15) is 17.9 Å². The molecule has 0 aliphatic heterocycles. The molecule has 13 heavy (non-hydrogen) atoms. The molecule has 1 atom stereocenters. The topological polar surface area (TPSA) is 23.8 Å². The molecule has 0 heterocycles. The average Bonchev–Trinajstić information content (AvgIpc) is 2.11. The highest BCUT2D eigenvalue weighted by Gasteiger charge is 2.15. The Morgan fingerprint density at radius 3 is 2.31 bits per heavy atom. The molecule has 1 aromatic rings. The maximum absolute atomic E-state index is 8.82. The maximum Gasteiger partial charge on any atom is 0.0742 e. The van der Waals surface area contributed by atoms with Gasteiger partial charge < -0.3 is 0 Å². The summed E-state index contributed by atoms with van der Waals surface area (Å²) in [4.78, 5) is 0. The largest absolute Gasteiger partial charge is 0.198 e. The Kier molecular flexibility index (Phi) is 3.59. The minimum atomic E-state index is -0.318. The van der Waals surface area contributed by atoms with E-state index in [4.69, 9.17) is 28.5 Å². The predicted octanol–water partition coefficient (Wildman–Crippen LogP) is 3.82. The fraction of sp³-hybridized carbons (Fsp3) is 0.200. The summed E-state index contributed by atoms with van der Waals surface area (Å²) in [5.41, 5.74) is 0.684. The van der Waals surface area contributed by atoms with Crippen LogP contribution in [0.15, 0.2) is 18.2 Å². The Morgan fingerprint density at radius 1 is 1.38 bits per heavy atom. The third kappa shape index (κ3) is 2.15. The fourth-order valence-electron chi connectivity index (χ4n) is 1.12. The smallest absolute Gasteiger partial charge is 0.0742 e. The van der Waals surface area contributed by atoms with Crippen molar-refractivity contribution in [3.63, 3.8) is 0 Å². The number of hydrogen-bond donors (Lipinski definition) is 0. The van der Waals surface area contributed by atoms with Gasteiger partial charge in [0.15, 0.2) is 0 Å². The molecule has 0 aliphatic carbocycles. The Morgan fingerprint density at radius 2 is 1.92 bits per heavy atom. The van der Waals surface area contributed by atoms with Crippen molar-refractivity contribution in [2.45, 2.75) is 12.3 Å². The molecule has 0 spiro atoms. The third-order valence-electron chi connectivity index (χ3n) is 1.79. The molecule has 0 aromatic heterocycles. The van der Waals surface area contributed by atoms with Crippen molar-refractivity contribution in [1.29, 1.82) is 5.26 Å². The van der Waals surface area contributed by atoms with Crippen LogP contribution in [0, 0.1) is 18.3 Å². The van der Waals surface area contributed by atoms with E-state index >= 15 is 0 Å². The lowest BCUT2D eigenvalue weighted by Gasteiger charge is -2.10. The van der Waals surface area contributed by atoms with Crippen LogP contribution in [0.2, 0.25) is 10.0 Å². The second kappa shape index (κ2) is 4.50. The molecular formula is C10H8Cl2N. The highest BCUT2D eigenvalue weighted by molar-refractivity contribution is 6.36. The molecule has 1 nitrogen and oxygen atoms in total. The van der Waals surface area contributed by atoms with Gasteiger partial charge in [-0.25, -0.2) is 0 Å². The van der Waals surface area contributed by atoms with E-state index in [-0.39, 0.29) is 5.92 Å². The van der Waals surface area contributed by atoms with Gasteiger partial charge in [-0.1, -0.05) is 36.2 Å². The van der Waals surface area contributed by atoms with E-state index in [1.165, 1.54) is 0 Å². The van der Waals surface area contributed by atoms with E-state index in [0.29, 0.717) is 22.0 Å². The molecule has 0 aliphatic rings. The summed E-state index contributed by atoms with van der Waals surface area (Å²) in [6.07, 6.45) is 0.472. The first kappa shape index (κ1) is 10.4. The van der Waals surface area contributed by atoms with Crippen molar-refractivity contribution in [2.24, 2.45) is 0 Å². The van der Waals surface area contributed by atoms with Crippen LogP contribution in [0.25, 0.3) is 0 Å². The van der Waals surface area contributed by atoms with E-state index in [0.717, 1.165) is 0 Å². The van der Waals surface area contributed by atoms with E-state index in [9.17, 15) is 0 Å². The normalized spacial score (nSPS) is 12.2. The van der Waals surface area contributed by atoms with Gasteiger partial charge in [0.25, 0.3) is 0 Å². The predicted molar refractivity (Wildman–Crippen MR) is 54.8 cm³/mol. The second-order valence-electron chi connectivity index (χ2n) is 2.61. The molecule has 0 N–H and O–H groups in total. The molecule has 3 heteroatoms. The minimum Gasteiger partial charge on any atom is -0.198 e. The molecule has 1 aromatic carbocycles. The van der Waals surface area contributed by atoms with E-state index in [1.54, 1.807) is 18.2 Å². The van der Waals surface area contributed by atoms with Gasteiger partial charge in [0.05, 0.1) is 12.0 Å². The Balaban J connectivity index is 3.20. The maximum atomic E-state index is 8.82. The SMILES string of the molecule is [CH2]CC(C#N)c1c(Cl)cccc1Cl. The van der Waals surface area contributed by atoms with Gasteiger partial charge in [-0.2, -0.15) is 5.26 Å². The van der Waals surface area contributed by atoms with Crippen LogP contribution in [0.4, 0.5) is 0 Å². The summed E-state index contributed by atoms with van der Waals surface area (Å²) in [6, 6.07) is 7.32. The quantitative estimate of drug-likeness (QED) is 0.732. The molecular weight excluding hydrogens is 205 g/mol. The van der Waals surface area contributed by atoms with Crippen molar-refractivity contribution in [1.82, 2.24) is 0 Å². The second-order valence-corrected chi connectivity index (χ2v) is 3.42. The first-order valence-corrected chi connectivity index (χ1v) is 4.59. The highest BCUT2D eigenvalue weighted by atomic mass is 35.5. The summed E-state index contributed by atoms with van der Waals surface area (Å²) in [5.74, 6) is -0.318. The van der Waals surface area contributed by atoms with Crippen LogP contribution in [0.5, 0.6) is 0 Å². The van der Waals surface area contributed by atoms with Gasteiger partial charge in [-0.05, 0) is 18.6 Å². The summed E-state index contributed by atoms with van der Waals surface area (Å²) < 4.78 is 0. The van der Waals surface area contributed by atoms with Gasteiger partial charge >= 0.3 is 0 Å². The molecule has 1 radical (unpaired) electrons. The molecule has 0 saturated carbocycles. The molecule has 0 bridgehead atoms. The Hall–Kier alpha value is -0.710. The monoisotopic (exact) mass is 212 g/mol. The third-order valence-corrected chi connectivity index (χ3v) is 2.45. The fourth-order valence-corrected chi connectivity index (χ4v) is 1.78. The average molecular weight is 213 g/mol. The van der Waals surface area contributed by atoms with Crippen LogP contribution in [-0.4, -0.2) is 0 Å². The highest BCUT2D eigenvalue weighted by Crippen LogP contribution is 2.32. The molecule has 1 rings (SSSR count). The number of hydrogen-bond acceptors (Lipinski definition) is 1. The first-order chi connectivity index (χ1) is 6.20. The lowest BCUT2D eigenvalue weighted by Crippen LogP contribution is -1.95. The van der Waals surface area contributed by atoms with E-state index in [2.05, 4.69) is 13.0 Å². The van der Waals surface area contributed by atoms with Gasteiger partial charge in [-0.15, -0.1) is 0 Å². The summed E-state index contributed by atoms with van der Waals surface area (Å²) in [6.45, 7) is 3.68. The van der Waals surface area contributed by atoms with E-state index < -0.39 is 0 Å². The number of nitriles is 1. The standard InChI is InChI=1S/C10H8Cl2N/c1-2-7(6-13)10-8(11)4-3-5-9(10)12/h3-5,7H,1-2H2. The van der Waals surface area contributed by atoms with Crippen LogP contribution in [-0.2, 0) is 0 Å². The zero-order valence-electron chi connectivity index (χ0n) is 6.93. The van der Waals surface area contributed by atoms with Crippen molar-refractivity contribution in [2.75, 3.05) is 0 Å². The van der Waals surface area contributed by atoms with Gasteiger partial charge in [0, 0.05) is 15.6 Å². The van der Waals surface area contributed by atoms with Crippen molar-refractivity contribution in [3.8, 4) is 6.07 Å². The number of nitrogens with zero attached hydrogens (tertiary/aromatic N) is 1. The van der Waals surface area contributed by atoms with Crippen LogP contribution < -0.4 is 0 Å². The molecule has 0 saturated heterocycles. The summed E-state index contributed by atoms with van der Waals surface area (Å²) in [7, 11) is 0. The number of rotatable bonds is 2. The molecule has 0 fully saturated rings. The lowest BCUT2D eigenvalue weighted by atomic mass is 9.98. The van der Waals surface area contributed by atoms with Gasteiger partial charge in [0.2, 0.25) is 0 Å². The van der Waals surface area contributed by atoms with Crippen molar-refractivity contribution >= 4 is 23.2 Å². The van der Waals surface area contributed by atoms with E-state index in [1.807, 2.05) is 0 Å². The lowest BCUT2D eigenvalue weighted by molar-refractivity contribution is 0.876. The summed E-state index contributed by atoms with van der Waals surface area (Å²) in [5, 5.41) is 9.88. The minimum absolute atomic E-state index is 0.318. The first-order valence-electron chi connectivity index (χ1n) is 3.83. The van der Waals surface area contributed by atoms with Crippen LogP contribution >= 0.6 is 23.2 Å². The number of benzene rings is 1. The summed E-state index contributed by atoms with van der Waals surface area (Å²) >= 11 is 11.8. The Labute approximate surface area is 87.9 Å². The molecule has 67 valence electrons. The molecule has 0 amide bonds. The van der Waals surface area contributed by atoms with Gasteiger partial charge in [0.1, 0.15) is 0 Å². The molecule has 1 unspecified atom stereocenters. The Bertz CT molecular complexity index is 321. The van der Waals surface area contributed by atoms with Gasteiger partial charge in [-0.3, -0.25) is 0 Å².